The molecule has 4 heteroatoms. The molecule has 0 amide bonds. The summed E-state index contributed by atoms with van der Waals surface area (Å²) in [6.45, 7) is 0.703. The van der Waals surface area contributed by atoms with Crippen molar-refractivity contribution in [2.75, 3.05) is 7.11 Å². The van der Waals surface area contributed by atoms with Crippen LogP contribution < -0.4 is 5.32 Å². The normalized spacial score (nSPS) is 24.1. The Hall–Kier alpha value is -1.26. The van der Waals surface area contributed by atoms with E-state index in [0.717, 1.165) is 18.4 Å². The van der Waals surface area contributed by atoms with Crippen LogP contribution in [0, 0.1) is 0 Å². The number of hydrogen-bond acceptors (Lipinski definition) is 4. The first-order valence-corrected chi connectivity index (χ1v) is 5.46. The van der Waals surface area contributed by atoms with Gasteiger partial charge in [-0.25, -0.2) is 0 Å². The lowest BCUT2D eigenvalue weighted by atomic mass is 9.89. The molecule has 0 bridgehead atoms. The van der Waals surface area contributed by atoms with Crippen LogP contribution in [0.15, 0.2) is 18.2 Å². The summed E-state index contributed by atoms with van der Waals surface area (Å²) in [5.41, 5.74) is 0.969. The molecule has 0 saturated heterocycles. The molecule has 3 N–H and O–H groups in total. The highest BCUT2D eigenvalue weighted by atomic mass is 16.5. The lowest BCUT2D eigenvalue weighted by Gasteiger charge is -2.34. The van der Waals surface area contributed by atoms with Crippen LogP contribution in [-0.2, 0) is 11.3 Å². The molecule has 1 aromatic carbocycles. The van der Waals surface area contributed by atoms with Gasteiger partial charge in [0.15, 0.2) is 11.5 Å². The van der Waals surface area contributed by atoms with E-state index in [1.165, 1.54) is 6.07 Å². The molecule has 1 fully saturated rings. The zero-order valence-corrected chi connectivity index (χ0v) is 9.31. The number of methoxy groups -OCH3 is 1. The summed E-state index contributed by atoms with van der Waals surface area (Å²) in [6, 6.07) is 5.38. The lowest BCUT2D eigenvalue weighted by Crippen LogP contribution is -2.44. The maximum atomic E-state index is 9.32. The van der Waals surface area contributed by atoms with E-state index in [2.05, 4.69) is 5.32 Å². The molecule has 0 atom stereocenters. The Labute approximate surface area is 94.9 Å². The van der Waals surface area contributed by atoms with Crippen LogP contribution in [-0.4, -0.2) is 29.5 Å². The molecule has 2 rings (SSSR count). The zero-order chi connectivity index (χ0) is 11.5. The van der Waals surface area contributed by atoms with E-state index in [-0.39, 0.29) is 11.5 Å². The van der Waals surface area contributed by atoms with E-state index >= 15 is 0 Å². The molecule has 0 aromatic heterocycles. The second kappa shape index (κ2) is 4.72. The number of benzene rings is 1. The van der Waals surface area contributed by atoms with Crippen molar-refractivity contribution in [2.45, 2.75) is 31.5 Å². The number of rotatable bonds is 4. The number of phenols is 2. The van der Waals surface area contributed by atoms with Crippen LogP contribution >= 0.6 is 0 Å². The van der Waals surface area contributed by atoms with Crippen molar-refractivity contribution >= 4 is 0 Å². The van der Waals surface area contributed by atoms with Crippen LogP contribution in [0.5, 0.6) is 11.5 Å². The molecule has 0 aliphatic heterocycles. The van der Waals surface area contributed by atoms with E-state index in [0.29, 0.717) is 18.7 Å². The SMILES string of the molecule is COC1CC(NCc2ccc(O)c(O)c2)C1. The van der Waals surface area contributed by atoms with Gasteiger partial charge in [-0.2, -0.15) is 0 Å². The van der Waals surface area contributed by atoms with Crippen molar-refractivity contribution in [3.63, 3.8) is 0 Å². The molecular weight excluding hydrogens is 206 g/mol. The van der Waals surface area contributed by atoms with Crippen LogP contribution in [0.1, 0.15) is 18.4 Å². The quantitative estimate of drug-likeness (QED) is 0.675. The Bertz CT molecular complexity index is 361. The standard InChI is InChI=1S/C12H17NO3/c1-16-10-5-9(6-10)13-7-8-2-3-11(14)12(15)4-8/h2-4,9-10,13-15H,5-7H2,1H3. The Morgan fingerprint density at radius 2 is 2.06 bits per heavy atom. The topological polar surface area (TPSA) is 61.7 Å². The highest BCUT2D eigenvalue weighted by molar-refractivity contribution is 5.40. The number of aromatic hydroxyl groups is 2. The maximum Gasteiger partial charge on any atom is 0.157 e. The molecule has 1 saturated carbocycles. The fourth-order valence-corrected chi connectivity index (χ4v) is 1.87. The van der Waals surface area contributed by atoms with E-state index in [1.54, 1.807) is 19.2 Å². The Balaban J connectivity index is 1.80. The third-order valence-corrected chi connectivity index (χ3v) is 3.06. The zero-order valence-electron chi connectivity index (χ0n) is 9.31. The first-order valence-electron chi connectivity index (χ1n) is 5.46. The van der Waals surface area contributed by atoms with Gasteiger partial charge in [-0.15, -0.1) is 0 Å². The lowest BCUT2D eigenvalue weighted by molar-refractivity contribution is 0.0170. The summed E-state index contributed by atoms with van der Waals surface area (Å²) in [6.07, 6.45) is 2.48. The van der Waals surface area contributed by atoms with Gasteiger partial charge in [-0.3, -0.25) is 0 Å². The number of ether oxygens (including phenoxy) is 1. The molecule has 16 heavy (non-hydrogen) atoms. The van der Waals surface area contributed by atoms with Crippen LogP contribution in [0.4, 0.5) is 0 Å². The molecule has 1 aliphatic rings. The molecule has 1 aromatic rings. The molecule has 1 aliphatic carbocycles. The Kier molecular flexibility index (Phi) is 3.31. The fourth-order valence-electron chi connectivity index (χ4n) is 1.87. The molecule has 4 nitrogen and oxygen atoms in total. The Morgan fingerprint density at radius 3 is 2.69 bits per heavy atom. The maximum absolute atomic E-state index is 9.32. The molecule has 0 spiro atoms. The average Bonchev–Trinajstić information content (AvgIpc) is 2.21. The van der Waals surface area contributed by atoms with E-state index in [4.69, 9.17) is 9.84 Å². The monoisotopic (exact) mass is 223 g/mol. The third kappa shape index (κ3) is 2.46. The van der Waals surface area contributed by atoms with E-state index in [1.807, 2.05) is 0 Å². The third-order valence-electron chi connectivity index (χ3n) is 3.06. The summed E-state index contributed by atoms with van der Waals surface area (Å²) in [5, 5.41) is 21.9. The minimum atomic E-state index is -0.0770. The fraction of sp³-hybridized carbons (Fsp3) is 0.500. The number of phenolic OH excluding ortho intramolecular Hbond substituents is 2. The average molecular weight is 223 g/mol. The van der Waals surface area contributed by atoms with Gasteiger partial charge in [0.05, 0.1) is 6.10 Å². The number of hydrogen-bond donors (Lipinski definition) is 3. The smallest absolute Gasteiger partial charge is 0.157 e. The van der Waals surface area contributed by atoms with Gasteiger partial charge in [0.25, 0.3) is 0 Å². The number of nitrogens with one attached hydrogen (secondary N) is 1. The summed E-state index contributed by atoms with van der Waals surface area (Å²) < 4.78 is 5.19. The minimum Gasteiger partial charge on any atom is -0.504 e. The van der Waals surface area contributed by atoms with Gasteiger partial charge in [-0.1, -0.05) is 6.07 Å². The predicted octanol–water partition coefficient (Wildman–Crippen LogP) is 1.36. The first-order chi connectivity index (χ1) is 7.69. The Morgan fingerprint density at radius 1 is 1.31 bits per heavy atom. The largest absolute Gasteiger partial charge is 0.504 e. The molecule has 0 radical (unpaired) electrons. The highest BCUT2D eigenvalue weighted by Crippen LogP contribution is 2.26. The molecular formula is C12H17NO3. The predicted molar refractivity (Wildman–Crippen MR) is 60.4 cm³/mol. The van der Waals surface area contributed by atoms with Gasteiger partial charge < -0.3 is 20.3 Å². The molecule has 0 unspecified atom stereocenters. The van der Waals surface area contributed by atoms with Crippen molar-refractivity contribution in [3.8, 4) is 11.5 Å². The molecule has 0 heterocycles. The summed E-state index contributed by atoms with van der Waals surface area (Å²) >= 11 is 0. The van der Waals surface area contributed by atoms with Gasteiger partial charge in [-0.05, 0) is 30.5 Å². The first kappa shape index (κ1) is 11.2. The molecule has 88 valence electrons. The summed E-state index contributed by atoms with van der Waals surface area (Å²) in [7, 11) is 1.74. The summed E-state index contributed by atoms with van der Waals surface area (Å²) in [4.78, 5) is 0. The minimum absolute atomic E-state index is 0.0670. The second-order valence-electron chi connectivity index (χ2n) is 4.23. The van der Waals surface area contributed by atoms with Crippen LogP contribution in [0.25, 0.3) is 0 Å². The van der Waals surface area contributed by atoms with Crippen LogP contribution in [0.3, 0.4) is 0 Å². The van der Waals surface area contributed by atoms with Gasteiger partial charge >= 0.3 is 0 Å². The van der Waals surface area contributed by atoms with Crippen molar-refractivity contribution in [1.29, 1.82) is 0 Å². The van der Waals surface area contributed by atoms with E-state index in [9.17, 15) is 5.11 Å². The van der Waals surface area contributed by atoms with Gasteiger partial charge in [0.2, 0.25) is 0 Å². The van der Waals surface area contributed by atoms with Crippen molar-refractivity contribution < 1.29 is 14.9 Å². The van der Waals surface area contributed by atoms with Crippen LogP contribution in [0.2, 0.25) is 0 Å². The summed E-state index contributed by atoms with van der Waals surface area (Å²) in [5.74, 6) is -0.144. The van der Waals surface area contributed by atoms with Crippen molar-refractivity contribution in [2.24, 2.45) is 0 Å². The van der Waals surface area contributed by atoms with Crippen molar-refractivity contribution in [3.05, 3.63) is 23.8 Å². The van der Waals surface area contributed by atoms with Gasteiger partial charge in [0.1, 0.15) is 0 Å². The highest BCUT2D eigenvalue weighted by Gasteiger charge is 2.28. The second-order valence-corrected chi connectivity index (χ2v) is 4.23. The van der Waals surface area contributed by atoms with Crippen molar-refractivity contribution in [1.82, 2.24) is 5.32 Å². The van der Waals surface area contributed by atoms with Gasteiger partial charge in [0, 0.05) is 19.7 Å². The van der Waals surface area contributed by atoms with E-state index < -0.39 is 0 Å².